The lowest BCUT2D eigenvalue weighted by atomic mass is 10.0. The van der Waals surface area contributed by atoms with E-state index in [0.717, 1.165) is 22.4 Å². The summed E-state index contributed by atoms with van der Waals surface area (Å²) in [7, 11) is 0. The van der Waals surface area contributed by atoms with Gasteiger partial charge in [-0.2, -0.15) is 0 Å². The molecule has 0 unspecified atom stereocenters. The second kappa shape index (κ2) is 10.6. The van der Waals surface area contributed by atoms with Gasteiger partial charge < -0.3 is 9.30 Å². The van der Waals surface area contributed by atoms with Crippen LogP contribution in [0.1, 0.15) is 54.9 Å². The minimum atomic E-state index is -0.0933. The van der Waals surface area contributed by atoms with Crippen molar-refractivity contribution in [2.45, 2.75) is 53.7 Å². The van der Waals surface area contributed by atoms with E-state index in [0.29, 0.717) is 24.0 Å². The number of pyridine rings is 1. The molecule has 3 aromatic rings. The molecule has 31 heavy (non-hydrogen) atoms. The third kappa shape index (κ3) is 6.29. The van der Waals surface area contributed by atoms with Crippen molar-refractivity contribution in [2.24, 2.45) is 5.92 Å². The molecule has 0 amide bonds. The predicted molar refractivity (Wildman–Crippen MR) is 123 cm³/mol. The van der Waals surface area contributed by atoms with Crippen LogP contribution in [0.3, 0.4) is 0 Å². The van der Waals surface area contributed by atoms with E-state index in [1.54, 1.807) is 23.0 Å². The number of ether oxygens (including phenoxy) is 1. The van der Waals surface area contributed by atoms with E-state index in [2.05, 4.69) is 40.9 Å². The van der Waals surface area contributed by atoms with Crippen LogP contribution in [-0.2, 0) is 13.2 Å². The Labute approximate surface area is 184 Å². The Morgan fingerprint density at radius 1 is 1.10 bits per heavy atom. The van der Waals surface area contributed by atoms with Crippen LogP contribution in [0.2, 0.25) is 0 Å². The molecule has 2 heterocycles. The molecule has 0 bridgehead atoms. The Hall–Kier alpha value is -3.39. The van der Waals surface area contributed by atoms with Crippen molar-refractivity contribution >= 4 is 0 Å². The van der Waals surface area contributed by atoms with Crippen LogP contribution < -0.4 is 10.3 Å². The molecule has 5 heteroatoms. The van der Waals surface area contributed by atoms with Crippen LogP contribution >= 0.6 is 0 Å². The summed E-state index contributed by atoms with van der Waals surface area (Å²) in [4.78, 5) is 20.9. The van der Waals surface area contributed by atoms with Gasteiger partial charge in [-0.1, -0.05) is 37.8 Å². The fourth-order valence-electron chi connectivity index (χ4n) is 3.09. The summed E-state index contributed by atoms with van der Waals surface area (Å²) in [5.41, 5.74) is 4.04. The topological polar surface area (TPSA) is 57.0 Å². The van der Waals surface area contributed by atoms with Gasteiger partial charge in [0.25, 0.3) is 5.56 Å². The molecule has 4 rings (SSSR count). The lowest BCUT2D eigenvalue weighted by molar-refractivity contribution is 0.294. The highest BCUT2D eigenvalue weighted by molar-refractivity contribution is 5.43. The second-order valence-corrected chi connectivity index (χ2v) is 7.40. The summed E-state index contributed by atoms with van der Waals surface area (Å²) in [5.74, 6) is 8.27. The molecule has 0 N–H and O–H groups in total. The van der Waals surface area contributed by atoms with Crippen molar-refractivity contribution in [3.05, 3.63) is 87.4 Å². The van der Waals surface area contributed by atoms with Crippen molar-refractivity contribution in [3.8, 4) is 17.6 Å². The maximum Gasteiger partial charge on any atom is 0.254 e. The monoisotopic (exact) mass is 415 g/mol. The Balaban J connectivity index is 0.00000132. The van der Waals surface area contributed by atoms with Crippen molar-refractivity contribution in [3.63, 3.8) is 0 Å². The molecule has 0 radical (unpaired) electrons. The first kappa shape index (κ1) is 22.3. The molecule has 5 nitrogen and oxygen atoms in total. The molecule has 1 aliphatic rings. The maximum atomic E-state index is 12.6. The van der Waals surface area contributed by atoms with Crippen molar-refractivity contribution in [1.29, 1.82) is 0 Å². The molecule has 160 valence electrons. The summed E-state index contributed by atoms with van der Waals surface area (Å²) >= 11 is 0. The van der Waals surface area contributed by atoms with Gasteiger partial charge in [0.1, 0.15) is 12.4 Å². The Kier molecular flexibility index (Phi) is 7.61. The van der Waals surface area contributed by atoms with Crippen LogP contribution in [0.15, 0.2) is 53.6 Å². The number of hydrogen-bond donors (Lipinski definition) is 0. The summed E-state index contributed by atoms with van der Waals surface area (Å²) in [6, 6.07) is 11.3. The largest absolute Gasteiger partial charge is 0.485 e. The molecule has 1 aliphatic carbocycles. The van der Waals surface area contributed by atoms with Crippen LogP contribution in [0.5, 0.6) is 5.75 Å². The van der Waals surface area contributed by atoms with E-state index in [1.165, 1.54) is 18.9 Å². The average Bonchev–Trinajstić information content (AvgIpc) is 3.61. The van der Waals surface area contributed by atoms with Gasteiger partial charge in [0, 0.05) is 35.6 Å². The van der Waals surface area contributed by atoms with E-state index < -0.39 is 0 Å². The van der Waals surface area contributed by atoms with Gasteiger partial charge in [0.15, 0.2) is 5.82 Å². The lowest BCUT2D eigenvalue weighted by Gasteiger charge is -2.13. The Morgan fingerprint density at radius 2 is 1.84 bits per heavy atom. The molecule has 1 saturated carbocycles. The van der Waals surface area contributed by atoms with Crippen molar-refractivity contribution in [2.75, 3.05) is 0 Å². The third-order valence-corrected chi connectivity index (χ3v) is 4.92. The highest BCUT2D eigenvalue weighted by atomic mass is 16.5. The Bertz CT molecular complexity index is 1140. The molecule has 0 atom stereocenters. The highest BCUT2D eigenvalue weighted by Gasteiger charge is 2.17. The maximum absolute atomic E-state index is 12.6. The minimum absolute atomic E-state index is 0.0933. The summed E-state index contributed by atoms with van der Waals surface area (Å²) in [6.45, 7) is 8.73. The highest BCUT2D eigenvalue weighted by Crippen LogP contribution is 2.27. The van der Waals surface area contributed by atoms with Gasteiger partial charge in [-0.15, -0.1) is 0 Å². The quantitative estimate of drug-likeness (QED) is 0.568. The van der Waals surface area contributed by atoms with Crippen LogP contribution in [0.4, 0.5) is 0 Å². The fraction of sp³-hybridized carbons (Fsp3) is 0.346. The molecule has 1 aromatic carbocycles. The first-order valence-corrected chi connectivity index (χ1v) is 10.8. The van der Waals surface area contributed by atoms with Crippen molar-refractivity contribution in [1.82, 2.24) is 14.5 Å². The zero-order valence-electron chi connectivity index (χ0n) is 18.7. The summed E-state index contributed by atoms with van der Waals surface area (Å²) in [5, 5.41) is 0. The second-order valence-electron chi connectivity index (χ2n) is 7.40. The van der Waals surface area contributed by atoms with E-state index >= 15 is 0 Å². The predicted octanol–water partition coefficient (Wildman–Crippen LogP) is 4.67. The third-order valence-electron chi connectivity index (χ3n) is 4.92. The van der Waals surface area contributed by atoms with Gasteiger partial charge in [-0.25, -0.2) is 9.97 Å². The van der Waals surface area contributed by atoms with Gasteiger partial charge in [-0.05, 0) is 56.0 Å². The minimum Gasteiger partial charge on any atom is -0.485 e. The molecular weight excluding hydrogens is 386 g/mol. The Morgan fingerprint density at radius 3 is 2.48 bits per heavy atom. The molecule has 0 saturated heterocycles. The van der Waals surface area contributed by atoms with E-state index in [9.17, 15) is 4.79 Å². The average molecular weight is 416 g/mol. The van der Waals surface area contributed by atoms with E-state index in [4.69, 9.17) is 4.74 Å². The first-order valence-electron chi connectivity index (χ1n) is 10.8. The van der Waals surface area contributed by atoms with Crippen LogP contribution in [-0.4, -0.2) is 14.5 Å². The molecule has 1 fully saturated rings. The SMILES string of the molecule is CC.Cc1cc(Cn2c(C)cc(OCc3ncccn3)cc2=O)ccc1C#CC1CC1. The fourth-order valence-corrected chi connectivity index (χ4v) is 3.09. The zero-order chi connectivity index (χ0) is 22.2. The molecular formula is C26H29N3O2. The van der Waals surface area contributed by atoms with E-state index in [1.807, 2.05) is 32.9 Å². The zero-order valence-corrected chi connectivity index (χ0v) is 18.7. The van der Waals surface area contributed by atoms with Crippen molar-refractivity contribution < 1.29 is 4.74 Å². The van der Waals surface area contributed by atoms with Gasteiger partial charge in [0.05, 0.1) is 6.54 Å². The lowest BCUT2D eigenvalue weighted by Crippen LogP contribution is -2.22. The van der Waals surface area contributed by atoms with Crippen LogP contribution in [0.25, 0.3) is 0 Å². The molecule has 2 aromatic heterocycles. The number of nitrogens with zero attached hydrogens (tertiary/aromatic N) is 3. The van der Waals surface area contributed by atoms with Gasteiger partial charge in [0.2, 0.25) is 0 Å². The first-order chi connectivity index (χ1) is 15.1. The van der Waals surface area contributed by atoms with Gasteiger partial charge >= 0.3 is 0 Å². The number of aryl methyl sites for hydroxylation is 2. The number of hydrogen-bond acceptors (Lipinski definition) is 4. The number of rotatable bonds is 5. The molecule has 0 aliphatic heterocycles. The normalized spacial score (nSPS) is 12.3. The summed E-state index contributed by atoms with van der Waals surface area (Å²) < 4.78 is 7.44. The smallest absolute Gasteiger partial charge is 0.254 e. The summed E-state index contributed by atoms with van der Waals surface area (Å²) in [6.07, 6.45) is 5.79. The van der Waals surface area contributed by atoms with Gasteiger partial charge in [-0.3, -0.25) is 4.79 Å². The standard InChI is InChI=1S/C24H23N3O2.C2H6/c1-17-12-20(7-9-21(17)8-6-19-4-5-19)15-27-18(2)13-22(14-24(27)28)29-16-23-25-10-3-11-26-23;1-2/h3,7,9-14,19H,4-5,15-16H2,1-2H3;1-2H3. The molecule has 0 spiro atoms. The van der Waals surface area contributed by atoms with E-state index in [-0.39, 0.29) is 12.2 Å². The number of aromatic nitrogens is 3. The number of benzene rings is 1. The van der Waals surface area contributed by atoms with Crippen LogP contribution in [0, 0.1) is 31.6 Å².